The minimum Gasteiger partial charge on any atom is -0.350 e. The molecule has 0 saturated carbocycles. The molecule has 0 radical (unpaired) electrons. The number of nitrogens with one attached hydrogen (secondary N) is 1. The fourth-order valence-corrected chi connectivity index (χ4v) is 3.65. The average molecular weight is 437 g/mol. The molecule has 4 rings (SSSR count). The van der Waals surface area contributed by atoms with Crippen molar-refractivity contribution in [2.45, 2.75) is 13.8 Å². The second-order valence-electron chi connectivity index (χ2n) is 7.11. The lowest BCUT2D eigenvalue weighted by Gasteiger charge is -2.16. The molecule has 0 fully saturated rings. The zero-order valence-corrected chi connectivity index (χ0v) is 17.9. The molecule has 0 bridgehead atoms. The highest BCUT2D eigenvalue weighted by molar-refractivity contribution is 6.46. The van der Waals surface area contributed by atoms with Crippen molar-refractivity contribution in [3.05, 3.63) is 99.2 Å². The lowest BCUT2D eigenvalue weighted by Crippen LogP contribution is -2.32. The summed E-state index contributed by atoms with van der Waals surface area (Å²) >= 11 is 12.1. The van der Waals surface area contributed by atoms with E-state index in [-0.39, 0.29) is 11.3 Å². The number of hydrogen-bond donors (Lipinski definition) is 1. The summed E-state index contributed by atoms with van der Waals surface area (Å²) in [5.41, 5.74) is 4.47. The van der Waals surface area contributed by atoms with Crippen molar-refractivity contribution in [3.8, 4) is 0 Å². The topological polar surface area (TPSA) is 49.4 Å². The molecular formula is C24H18Cl2N2O2. The van der Waals surface area contributed by atoms with Gasteiger partial charge in [-0.1, -0.05) is 47.5 Å². The van der Waals surface area contributed by atoms with E-state index in [9.17, 15) is 9.59 Å². The SMILES string of the molecule is Cc1ccc(NC2=C(c3ccc(Cl)cc3)C(=O)N(c3cccc(Cl)c3)C2=O)cc1C. The number of carbonyl (C=O) groups is 2. The van der Waals surface area contributed by atoms with Crippen LogP contribution in [0.1, 0.15) is 16.7 Å². The molecule has 2 amide bonds. The van der Waals surface area contributed by atoms with Crippen LogP contribution in [0.4, 0.5) is 11.4 Å². The number of hydrogen-bond acceptors (Lipinski definition) is 3. The third-order valence-electron chi connectivity index (χ3n) is 5.06. The summed E-state index contributed by atoms with van der Waals surface area (Å²) in [4.78, 5) is 27.9. The van der Waals surface area contributed by atoms with Gasteiger partial charge in [-0.15, -0.1) is 0 Å². The molecular weight excluding hydrogens is 419 g/mol. The van der Waals surface area contributed by atoms with Crippen LogP contribution in [-0.4, -0.2) is 11.8 Å². The Morgan fingerprint density at radius 2 is 1.50 bits per heavy atom. The van der Waals surface area contributed by atoms with Gasteiger partial charge in [0.1, 0.15) is 5.70 Å². The first-order valence-corrected chi connectivity index (χ1v) is 10.1. The smallest absolute Gasteiger partial charge is 0.282 e. The highest BCUT2D eigenvalue weighted by atomic mass is 35.5. The number of aryl methyl sites for hydroxylation is 2. The van der Waals surface area contributed by atoms with Gasteiger partial charge in [0.15, 0.2) is 0 Å². The lowest BCUT2D eigenvalue weighted by atomic mass is 10.0. The van der Waals surface area contributed by atoms with Crippen molar-refractivity contribution < 1.29 is 9.59 Å². The zero-order chi connectivity index (χ0) is 21.4. The van der Waals surface area contributed by atoms with Gasteiger partial charge in [0.05, 0.1) is 11.3 Å². The molecule has 1 aliphatic rings. The maximum atomic E-state index is 13.4. The zero-order valence-electron chi connectivity index (χ0n) is 16.4. The Hall–Kier alpha value is -3.08. The second kappa shape index (κ2) is 7.98. The molecule has 0 unspecified atom stereocenters. The van der Waals surface area contributed by atoms with E-state index in [0.29, 0.717) is 21.3 Å². The Morgan fingerprint density at radius 1 is 0.767 bits per heavy atom. The van der Waals surface area contributed by atoms with Crippen molar-refractivity contribution >= 4 is 52.0 Å². The Balaban J connectivity index is 1.83. The van der Waals surface area contributed by atoms with Gasteiger partial charge in [-0.25, -0.2) is 4.90 Å². The Labute approximate surface area is 184 Å². The summed E-state index contributed by atoms with van der Waals surface area (Å²) in [6.45, 7) is 4.01. The molecule has 150 valence electrons. The van der Waals surface area contributed by atoms with E-state index in [1.807, 2.05) is 32.0 Å². The minimum atomic E-state index is -0.439. The number of benzene rings is 3. The van der Waals surface area contributed by atoms with Gasteiger partial charge in [-0.3, -0.25) is 9.59 Å². The van der Waals surface area contributed by atoms with Crippen molar-refractivity contribution in [2.24, 2.45) is 0 Å². The molecule has 30 heavy (non-hydrogen) atoms. The van der Waals surface area contributed by atoms with Gasteiger partial charge in [0, 0.05) is 15.7 Å². The first-order valence-electron chi connectivity index (χ1n) is 9.34. The number of amides is 2. The predicted molar refractivity (Wildman–Crippen MR) is 122 cm³/mol. The standard InChI is InChI=1S/C24H18Cl2N2O2/c1-14-6-11-19(12-15(14)2)27-22-21(16-7-9-17(25)10-8-16)23(29)28(24(22)30)20-5-3-4-18(26)13-20/h3-13,27H,1-2H3. The van der Waals surface area contributed by atoms with Gasteiger partial charge < -0.3 is 5.32 Å². The monoisotopic (exact) mass is 436 g/mol. The fourth-order valence-electron chi connectivity index (χ4n) is 3.34. The Kier molecular flexibility index (Phi) is 5.37. The normalized spacial score (nSPS) is 13.9. The van der Waals surface area contributed by atoms with E-state index in [4.69, 9.17) is 23.2 Å². The van der Waals surface area contributed by atoms with Crippen LogP contribution < -0.4 is 10.2 Å². The van der Waals surface area contributed by atoms with Crippen LogP contribution in [-0.2, 0) is 9.59 Å². The summed E-state index contributed by atoms with van der Waals surface area (Å²) in [6.07, 6.45) is 0. The van der Waals surface area contributed by atoms with Gasteiger partial charge in [-0.05, 0) is 73.0 Å². The summed E-state index contributed by atoms with van der Waals surface area (Å²) in [5.74, 6) is -0.860. The molecule has 1 aliphatic heterocycles. The third kappa shape index (κ3) is 3.72. The molecule has 0 aromatic heterocycles. The fraction of sp³-hybridized carbons (Fsp3) is 0.0833. The van der Waals surface area contributed by atoms with E-state index in [0.717, 1.165) is 21.7 Å². The van der Waals surface area contributed by atoms with E-state index < -0.39 is 11.8 Å². The maximum absolute atomic E-state index is 13.4. The quantitative estimate of drug-likeness (QED) is 0.509. The van der Waals surface area contributed by atoms with E-state index >= 15 is 0 Å². The van der Waals surface area contributed by atoms with Crippen LogP contribution in [0.5, 0.6) is 0 Å². The summed E-state index contributed by atoms with van der Waals surface area (Å²) in [7, 11) is 0. The molecule has 0 aliphatic carbocycles. The van der Waals surface area contributed by atoms with Gasteiger partial charge in [-0.2, -0.15) is 0 Å². The molecule has 4 nitrogen and oxygen atoms in total. The molecule has 1 heterocycles. The first kappa shape index (κ1) is 20.2. The maximum Gasteiger partial charge on any atom is 0.282 e. The largest absolute Gasteiger partial charge is 0.350 e. The highest BCUT2D eigenvalue weighted by Gasteiger charge is 2.40. The van der Waals surface area contributed by atoms with Crippen molar-refractivity contribution in [3.63, 3.8) is 0 Å². The van der Waals surface area contributed by atoms with Crippen molar-refractivity contribution in [1.82, 2.24) is 0 Å². The molecule has 0 atom stereocenters. The van der Waals surface area contributed by atoms with Gasteiger partial charge in [0.25, 0.3) is 11.8 Å². The van der Waals surface area contributed by atoms with Gasteiger partial charge in [0.2, 0.25) is 0 Å². The van der Waals surface area contributed by atoms with Crippen LogP contribution >= 0.6 is 23.2 Å². The summed E-state index contributed by atoms with van der Waals surface area (Å²) in [6, 6.07) is 19.3. The predicted octanol–water partition coefficient (Wildman–Crippen LogP) is 6.01. The third-order valence-corrected chi connectivity index (χ3v) is 5.55. The van der Waals surface area contributed by atoms with Crippen molar-refractivity contribution in [1.29, 1.82) is 0 Å². The number of rotatable bonds is 4. The number of carbonyl (C=O) groups excluding carboxylic acids is 2. The van der Waals surface area contributed by atoms with E-state index in [1.54, 1.807) is 48.5 Å². The number of nitrogens with zero attached hydrogens (tertiary/aromatic N) is 1. The second-order valence-corrected chi connectivity index (χ2v) is 7.98. The molecule has 1 N–H and O–H groups in total. The van der Waals surface area contributed by atoms with Crippen molar-refractivity contribution in [2.75, 3.05) is 10.2 Å². The Bertz CT molecular complexity index is 1200. The number of halogens is 2. The molecule has 6 heteroatoms. The molecule has 0 saturated heterocycles. The average Bonchev–Trinajstić information content (AvgIpc) is 2.95. The first-order chi connectivity index (χ1) is 14.3. The van der Waals surface area contributed by atoms with Crippen LogP contribution in [0, 0.1) is 13.8 Å². The number of imide groups is 1. The molecule has 0 spiro atoms. The van der Waals surface area contributed by atoms with Gasteiger partial charge >= 0.3 is 0 Å². The molecule has 3 aromatic carbocycles. The lowest BCUT2D eigenvalue weighted by molar-refractivity contribution is -0.120. The highest BCUT2D eigenvalue weighted by Crippen LogP contribution is 2.35. The van der Waals surface area contributed by atoms with E-state index in [2.05, 4.69) is 5.32 Å². The van der Waals surface area contributed by atoms with Crippen LogP contribution in [0.25, 0.3) is 5.57 Å². The number of anilines is 2. The summed E-state index contributed by atoms with van der Waals surface area (Å²) in [5, 5.41) is 4.16. The minimum absolute atomic E-state index is 0.213. The van der Waals surface area contributed by atoms with Crippen LogP contribution in [0.2, 0.25) is 10.0 Å². The van der Waals surface area contributed by atoms with Crippen LogP contribution in [0.15, 0.2) is 72.4 Å². The molecule has 3 aromatic rings. The van der Waals surface area contributed by atoms with Crippen LogP contribution in [0.3, 0.4) is 0 Å². The van der Waals surface area contributed by atoms with E-state index in [1.165, 1.54) is 0 Å². The summed E-state index contributed by atoms with van der Waals surface area (Å²) < 4.78 is 0. The Morgan fingerprint density at radius 3 is 2.17 bits per heavy atom.